The summed E-state index contributed by atoms with van der Waals surface area (Å²) in [4.78, 5) is 4.50. The third-order valence-electron chi connectivity index (χ3n) is 3.12. The van der Waals surface area contributed by atoms with Crippen LogP contribution in [0.1, 0.15) is 51.2 Å². The van der Waals surface area contributed by atoms with E-state index >= 15 is 0 Å². The average molecular weight is 239 g/mol. The summed E-state index contributed by atoms with van der Waals surface area (Å²) in [5.41, 5.74) is -0.268. The molecule has 5 heteroatoms. The molecule has 1 atom stereocenters. The van der Waals surface area contributed by atoms with Gasteiger partial charge in [0.2, 0.25) is 5.89 Å². The van der Waals surface area contributed by atoms with Crippen LogP contribution in [0.5, 0.6) is 0 Å². The quantitative estimate of drug-likeness (QED) is 0.868. The molecular weight excluding hydrogens is 218 g/mol. The van der Waals surface area contributed by atoms with E-state index in [9.17, 15) is 0 Å². The molecule has 1 aromatic rings. The van der Waals surface area contributed by atoms with Crippen molar-refractivity contribution in [3.05, 3.63) is 11.7 Å². The van der Waals surface area contributed by atoms with Crippen LogP contribution in [0.3, 0.4) is 0 Å². The molecule has 1 aliphatic rings. The smallest absolute Gasteiger partial charge is 0.246 e. The summed E-state index contributed by atoms with van der Waals surface area (Å²) in [7, 11) is 0. The van der Waals surface area contributed by atoms with Crippen LogP contribution in [0.4, 0.5) is 0 Å². The summed E-state index contributed by atoms with van der Waals surface area (Å²) in [6, 6.07) is 0. The predicted molar refractivity (Wildman–Crippen MR) is 63.8 cm³/mol. The van der Waals surface area contributed by atoms with Crippen molar-refractivity contribution in [2.45, 2.75) is 45.1 Å². The van der Waals surface area contributed by atoms with Crippen molar-refractivity contribution in [3.8, 4) is 0 Å². The highest BCUT2D eigenvalue weighted by Crippen LogP contribution is 2.25. The fraction of sp³-hybridized carbons (Fsp3) is 0.833. The summed E-state index contributed by atoms with van der Waals surface area (Å²) in [5.74, 6) is 1.73. The fourth-order valence-electron chi connectivity index (χ4n) is 2.12. The third-order valence-corrected chi connectivity index (χ3v) is 3.12. The highest BCUT2D eigenvalue weighted by atomic mass is 16.5. The topological polar surface area (TPSA) is 60.2 Å². The van der Waals surface area contributed by atoms with Crippen LogP contribution in [0.2, 0.25) is 0 Å². The minimum atomic E-state index is -0.268. The van der Waals surface area contributed by atoms with E-state index in [4.69, 9.17) is 9.26 Å². The second-order valence-electron chi connectivity index (χ2n) is 5.03. The Kier molecular flexibility index (Phi) is 3.79. The Morgan fingerprint density at radius 1 is 1.47 bits per heavy atom. The molecule has 0 radical (unpaired) electrons. The molecule has 5 nitrogen and oxygen atoms in total. The van der Waals surface area contributed by atoms with Crippen molar-refractivity contribution in [1.29, 1.82) is 0 Å². The van der Waals surface area contributed by atoms with Crippen molar-refractivity contribution in [2.75, 3.05) is 19.8 Å². The Labute approximate surface area is 102 Å². The molecule has 0 bridgehead atoms. The van der Waals surface area contributed by atoms with Gasteiger partial charge in [-0.1, -0.05) is 12.1 Å². The maximum absolute atomic E-state index is 5.44. The van der Waals surface area contributed by atoms with Crippen molar-refractivity contribution in [1.82, 2.24) is 15.5 Å². The van der Waals surface area contributed by atoms with Crippen LogP contribution in [-0.4, -0.2) is 29.9 Å². The van der Waals surface area contributed by atoms with Gasteiger partial charge < -0.3 is 14.6 Å². The Balaban J connectivity index is 2.09. The SMILES string of the molecule is CCNC(C)(C)c1nc(C2CCCOC2)no1. The van der Waals surface area contributed by atoms with E-state index in [0.717, 1.165) is 31.8 Å². The molecule has 0 aliphatic carbocycles. The van der Waals surface area contributed by atoms with Crippen molar-refractivity contribution in [3.63, 3.8) is 0 Å². The normalized spacial score (nSPS) is 21.7. The molecule has 1 aromatic heterocycles. The zero-order valence-corrected chi connectivity index (χ0v) is 10.8. The van der Waals surface area contributed by atoms with Gasteiger partial charge in [0.05, 0.1) is 12.1 Å². The van der Waals surface area contributed by atoms with Gasteiger partial charge in [-0.3, -0.25) is 0 Å². The lowest BCUT2D eigenvalue weighted by atomic mass is 10.0. The second-order valence-corrected chi connectivity index (χ2v) is 5.03. The summed E-state index contributed by atoms with van der Waals surface area (Å²) in [6.07, 6.45) is 2.16. The average Bonchev–Trinajstić information content (AvgIpc) is 2.80. The molecule has 2 heterocycles. The van der Waals surface area contributed by atoms with Gasteiger partial charge >= 0.3 is 0 Å². The first kappa shape index (κ1) is 12.5. The molecule has 1 N–H and O–H groups in total. The van der Waals surface area contributed by atoms with E-state index < -0.39 is 0 Å². The molecule has 1 unspecified atom stereocenters. The van der Waals surface area contributed by atoms with Crippen molar-refractivity contribution >= 4 is 0 Å². The van der Waals surface area contributed by atoms with E-state index in [0.29, 0.717) is 18.4 Å². The Hall–Kier alpha value is -0.940. The van der Waals surface area contributed by atoms with E-state index in [1.807, 2.05) is 13.8 Å². The van der Waals surface area contributed by atoms with Crippen molar-refractivity contribution < 1.29 is 9.26 Å². The number of nitrogens with one attached hydrogen (secondary N) is 1. The minimum absolute atomic E-state index is 0.268. The molecule has 1 aliphatic heterocycles. The Bertz CT molecular complexity index is 356. The van der Waals surface area contributed by atoms with Crippen molar-refractivity contribution in [2.24, 2.45) is 0 Å². The highest BCUT2D eigenvalue weighted by molar-refractivity contribution is 5.03. The van der Waals surface area contributed by atoms with Gasteiger partial charge in [-0.2, -0.15) is 4.98 Å². The summed E-state index contributed by atoms with van der Waals surface area (Å²) >= 11 is 0. The van der Waals surface area contributed by atoms with Gasteiger partial charge in [0.1, 0.15) is 0 Å². The molecular formula is C12H21N3O2. The van der Waals surface area contributed by atoms with Gasteiger partial charge in [0.25, 0.3) is 0 Å². The Morgan fingerprint density at radius 2 is 2.29 bits per heavy atom. The predicted octanol–water partition coefficient (Wildman–Crippen LogP) is 1.81. The number of aromatic nitrogens is 2. The lowest BCUT2D eigenvalue weighted by Gasteiger charge is -2.21. The largest absolute Gasteiger partial charge is 0.381 e. The number of ether oxygens (including phenoxy) is 1. The van der Waals surface area contributed by atoms with Crippen LogP contribution in [-0.2, 0) is 10.3 Å². The number of rotatable bonds is 4. The molecule has 0 spiro atoms. The summed E-state index contributed by atoms with van der Waals surface area (Å²) in [5, 5.41) is 7.41. The van der Waals surface area contributed by atoms with Gasteiger partial charge in [-0.05, 0) is 33.2 Å². The lowest BCUT2D eigenvalue weighted by Crippen LogP contribution is -2.36. The van der Waals surface area contributed by atoms with E-state index in [2.05, 4.69) is 22.4 Å². The van der Waals surface area contributed by atoms with Crippen LogP contribution in [0.15, 0.2) is 4.52 Å². The maximum Gasteiger partial charge on any atom is 0.246 e. The first-order valence-corrected chi connectivity index (χ1v) is 6.30. The molecule has 96 valence electrons. The summed E-state index contributed by atoms with van der Waals surface area (Å²) < 4.78 is 10.8. The van der Waals surface area contributed by atoms with Gasteiger partial charge in [0.15, 0.2) is 5.82 Å². The second kappa shape index (κ2) is 5.14. The maximum atomic E-state index is 5.44. The molecule has 0 aromatic carbocycles. The van der Waals surface area contributed by atoms with Crippen LogP contribution >= 0.6 is 0 Å². The van der Waals surface area contributed by atoms with Gasteiger partial charge in [-0.15, -0.1) is 0 Å². The molecule has 17 heavy (non-hydrogen) atoms. The first-order valence-electron chi connectivity index (χ1n) is 6.30. The van der Waals surface area contributed by atoms with Gasteiger partial charge in [0, 0.05) is 12.5 Å². The monoisotopic (exact) mass is 239 g/mol. The molecule has 0 amide bonds. The first-order chi connectivity index (χ1) is 8.13. The Morgan fingerprint density at radius 3 is 2.94 bits per heavy atom. The number of hydrogen-bond donors (Lipinski definition) is 1. The van der Waals surface area contributed by atoms with Crippen LogP contribution < -0.4 is 5.32 Å². The third kappa shape index (κ3) is 2.84. The fourth-order valence-corrected chi connectivity index (χ4v) is 2.12. The standard InChI is InChI=1S/C12H21N3O2/c1-4-13-12(2,3)11-14-10(15-17-11)9-6-5-7-16-8-9/h9,13H,4-8H2,1-3H3. The van der Waals surface area contributed by atoms with E-state index in [-0.39, 0.29) is 5.54 Å². The van der Waals surface area contributed by atoms with Crippen LogP contribution in [0.25, 0.3) is 0 Å². The molecule has 1 saturated heterocycles. The van der Waals surface area contributed by atoms with E-state index in [1.165, 1.54) is 0 Å². The minimum Gasteiger partial charge on any atom is -0.381 e. The molecule has 0 saturated carbocycles. The number of nitrogens with zero attached hydrogens (tertiary/aromatic N) is 2. The zero-order valence-electron chi connectivity index (χ0n) is 10.8. The summed E-state index contributed by atoms with van der Waals surface area (Å²) in [6.45, 7) is 8.59. The number of hydrogen-bond acceptors (Lipinski definition) is 5. The highest BCUT2D eigenvalue weighted by Gasteiger charge is 2.29. The van der Waals surface area contributed by atoms with Crippen LogP contribution in [0, 0.1) is 0 Å². The molecule has 2 rings (SSSR count). The van der Waals surface area contributed by atoms with Gasteiger partial charge in [-0.25, -0.2) is 0 Å². The lowest BCUT2D eigenvalue weighted by molar-refractivity contribution is 0.0773. The zero-order chi connectivity index (χ0) is 12.3. The van der Waals surface area contributed by atoms with E-state index in [1.54, 1.807) is 0 Å². The molecule has 1 fully saturated rings.